The molecule has 3 N–H and O–H groups in total. The summed E-state index contributed by atoms with van der Waals surface area (Å²) < 4.78 is 1.33. The first-order chi connectivity index (χ1) is 8.56. The first kappa shape index (κ1) is 14.5. The molecule has 1 aromatic rings. The zero-order chi connectivity index (χ0) is 13.5. The summed E-state index contributed by atoms with van der Waals surface area (Å²) in [6.45, 7) is 3.01. The van der Waals surface area contributed by atoms with Crippen LogP contribution in [-0.4, -0.2) is 22.2 Å². The van der Waals surface area contributed by atoms with Crippen molar-refractivity contribution in [2.45, 2.75) is 32.7 Å². The monoisotopic (exact) mass is 272 g/mol. The average molecular weight is 273 g/mol. The molecule has 0 bridgehead atoms. The fourth-order valence-corrected chi connectivity index (χ4v) is 1.66. The molecule has 0 saturated carbocycles. The Hall–Kier alpha value is -1.56. The minimum atomic E-state index is -0.348. The Labute approximate surface area is 110 Å². The first-order valence-corrected chi connectivity index (χ1v) is 6.21. The Kier molecular flexibility index (Phi) is 5.64. The van der Waals surface area contributed by atoms with Crippen LogP contribution >= 0.6 is 11.6 Å². The molecular weight excluding hydrogens is 256 g/mol. The van der Waals surface area contributed by atoms with E-state index in [0.717, 1.165) is 6.42 Å². The number of anilines is 1. The molecule has 18 heavy (non-hydrogen) atoms. The standard InChI is InChI=1S/C11H17ClN4O2/c1-2-6-16-11(18)10(12)8(7-15-16)14-5-3-4-9(13)17/h7,14H,2-6H2,1H3,(H2,13,17). The van der Waals surface area contributed by atoms with Crippen molar-refractivity contribution >= 4 is 23.2 Å². The van der Waals surface area contributed by atoms with Crippen LogP contribution in [0.4, 0.5) is 5.69 Å². The molecule has 6 nitrogen and oxygen atoms in total. The maximum atomic E-state index is 11.8. The summed E-state index contributed by atoms with van der Waals surface area (Å²) in [7, 11) is 0. The number of hydrogen-bond acceptors (Lipinski definition) is 4. The highest BCUT2D eigenvalue weighted by Gasteiger charge is 2.08. The van der Waals surface area contributed by atoms with E-state index in [-0.39, 0.29) is 16.5 Å². The van der Waals surface area contributed by atoms with Crippen molar-refractivity contribution in [2.75, 3.05) is 11.9 Å². The maximum Gasteiger partial charge on any atom is 0.287 e. The second-order valence-electron chi connectivity index (χ2n) is 3.90. The second kappa shape index (κ2) is 7.00. The van der Waals surface area contributed by atoms with Gasteiger partial charge in [-0.3, -0.25) is 9.59 Å². The average Bonchev–Trinajstić information content (AvgIpc) is 2.33. The number of carbonyl (C=O) groups excluding carboxylic acids is 1. The van der Waals surface area contributed by atoms with Gasteiger partial charge < -0.3 is 11.1 Å². The molecule has 0 unspecified atom stereocenters. The lowest BCUT2D eigenvalue weighted by Gasteiger charge is -2.09. The summed E-state index contributed by atoms with van der Waals surface area (Å²) in [5, 5.41) is 7.09. The van der Waals surface area contributed by atoms with E-state index >= 15 is 0 Å². The quantitative estimate of drug-likeness (QED) is 0.724. The van der Waals surface area contributed by atoms with E-state index in [1.807, 2.05) is 6.92 Å². The van der Waals surface area contributed by atoms with Crippen molar-refractivity contribution in [1.29, 1.82) is 0 Å². The SMILES string of the molecule is CCCn1ncc(NCCCC(N)=O)c(Cl)c1=O. The predicted molar refractivity (Wildman–Crippen MR) is 70.7 cm³/mol. The number of halogens is 1. The molecule has 7 heteroatoms. The van der Waals surface area contributed by atoms with Gasteiger partial charge in [0.25, 0.3) is 5.56 Å². The first-order valence-electron chi connectivity index (χ1n) is 5.84. The van der Waals surface area contributed by atoms with Crippen LogP contribution in [0.1, 0.15) is 26.2 Å². The van der Waals surface area contributed by atoms with Crippen LogP contribution in [0.2, 0.25) is 5.02 Å². The molecule has 0 saturated heterocycles. The van der Waals surface area contributed by atoms with Gasteiger partial charge in [0.05, 0.1) is 11.9 Å². The summed E-state index contributed by atoms with van der Waals surface area (Å²) in [5.74, 6) is -0.348. The minimum absolute atomic E-state index is 0.123. The van der Waals surface area contributed by atoms with E-state index in [9.17, 15) is 9.59 Å². The lowest BCUT2D eigenvalue weighted by Crippen LogP contribution is -2.24. The molecule has 0 atom stereocenters. The fourth-order valence-electron chi connectivity index (χ4n) is 1.45. The van der Waals surface area contributed by atoms with Crippen molar-refractivity contribution in [3.05, 3.63) is 21.6 Å². The normalized spacial score (nSPS) is 10.3. The van der Waals surface area contributed by atoms with Crippen LogP contribution in [0.15, 0.2) is 11.0 Å². The van der Waals surface area contributed by atoms with Gasteiger partial charge in [-0.25, -0.2) is 4.68 Å². The number of hydrogen-bond donors (Lipinski definition) is 2. The van der Waals surface area contributed by atoms with E-state index in [2.05, 4.69) is 10.4 Å². The molecule has 1 rings (SSSR count). The minimum Gasteiger partial charge on any atom is -0.382 e. The summed E-state index contributed by atoms with van der Waals surface area (Å²) in [6.07, 6.45) is 3.22. The third-order valence-corrected chi connectivity index (χ3v) is 2.70. The Morgan fingerprint density at radius 3 is 2.94 bits per heavy atom. The van der Waals surface area contributed by atoms with Gasteiger partial charge in [-0.2, -0.15) is 5.10 Å². The number of rotatable bonds is 7. The lowest BCUT2D eigenvalue weighted by atomic mass is 10.3. The number of nitrogens with one attached hydrogen (secondary N) is 1. The van der Waals surface area contributed by atoms with E-state index in [4.69, 9.17) is 17.3 Å². The van der Waals surface area contributed by atoms with Gasteiger partial charge in [-0.05, 0) is 12.8 Å². The molecule has 0 radical (unpaired) electrons. The number of nitrogens with zero attached hydrogens (tertiary/aromatic N) is 2. The Morgan fingerprint density at radius 1 is 1.61 bits per heavy atom. The molecule has 0 spiro atoms. The van der Waals surface area contributed by atoms with Crippen LogP contribution in [0.3, 0.4) is 0 Å². The molecule has 0 aliphatic heterocycles. The predicted octanol–water partition coefficient (Wildman–Crippen LogP) is 0.984. The molecule has 0 aromatic carbocycles. The Bertz CT molecular complexity index is 473. The van der Waals surface area contributed by atoms with Gasteiger partial charge in [-0.15, -0.1) is 0 Å². The number of carbonyl (C=O) groups is 1. The summed E-state index contributed by atoms with van der Waals surface area (Å²) in [5.41, 5.74) is 5.20. The third-order valence-electron chi connectivity index (χ3n) is 2.34. The van der Waals surface area contributed by atoms with Crippen LogP contribution < -0.4 is 16.6 Å². The van der Waals surface area contributed by atoms with Crippen LogP contribution in [-0.2, 0) is 11.3 Å². The largest absolute Gasteiger partial charge is 0.382 e. The van der Waals surface area contributed by atoms with Gasteiger partial charge >= 0.3 is 0 Å². The Balaban J connectivity index is 2.65. The van der Waals surface area contributed by atoms with Crippen LogP contribution in [0.5, 0.6) is 0 Å². The van der Waals surface area contributed by atoms with Crippen molar-refractivity contribution in [2.24, 2.45) is 5.73 Å². The molecule has 100 valence electrons. The van der Waals surface area contributed by atoms with Gasteiger partial charge in [-0.1, -0.05) is 18.5 Å². The van der Waals surface area contributed by atoms with Crippen molar-refractivity contribution in [1.82, 2.24) is 9.78 Å². The van der Waals surface area contributed by atoms with Crippen molar-refractivity contribution < 1.29 is 4.79 Å². The summed E-state index contributed by atoms with van der Waals surface area (Å²) in [6, 6.07) is 0. The number of aromatic nitrogens is 2. The zero-order valence-corrected chi connectivity index (χ0v) is 11.0. The fraction of sp³-hybridized carbons (Fsp3) is 0.545. The molecule has 0 aliphatic carbocycles. The maximum absolute atomic E-state index is 11.8. The highest BCUT2D eigenvalue weighted by Crippen LogP contribution is 2.15. The number of primary amides is 1. The highest BCUT2D eigenvalue weighted by molar-refractivity contribution is 6.32. The third kappa shape index (κ3) is 4.03. The number of aryl methyl sites for hydroxylation is 1. The Morgan fingerprint density at radius 2 is 2.33 bits per heavy atom. The molecule has 0 aliphatic rings. The second-order valence-corrected chi connectivity index (χ2v) is 4.28. The molecule has 1 heterocycles. The van der Waals surface area contributed by atoms with Gasteiger partial charge in [0, 0.05) is 19.5 Å². The highest BCUT2D eigenvalue weighted by atomic mass is 35.5. The molecule has 1 amide bonds. The lowest BCUT2D eigenvalue weighted by molar-refractivity contribution is -0.118. The molecule has 1 aromatic heterocycles. The van der Waals surface area contributed by atoms with Crippen molar-refractivity contribution in [3.8, 4) is 0 Å². The van der Waals surface area contributed by atoms with Crippen LogP contribution in [0.25, 0.3) is 0 Å². The zero-order valence-electron chi connectivity index (χ0n) is 10.3. The molecular formula is C11H17ClN4O2. The van der Waals surface area contributed by atoms with E-state index in [1.54, 1.807) is 0 Å². The van der Waals surface area contributed by atoms with Crippen molar-refractivity contribution in [3.63, 3.8) is 0 Å². The summed E-state index contributed by atoms with van der Waals surface area (Å²) >= 11 is 5.95. The van der Waals surface area contributed by atoms with E-state index < -0.39 is 0 Å². The number of nitrogens with two attached hydrogens (primary N) is 1. The van der Waals surface area contributed by atoms with Gasteiger partial charge in [0.15, 0.2) is 0 Å². The number of amides is 1. The topological polar surface area (TPSA) is 90.0 Å². The van der Waals surface area contributed by atoms with Gasteiger partial charge in [0.2, 0.25) is 5.91 Å². The van der Waals surface area contributed by atoms with Gasteiger partial charge in [0.1, 0.15) is 5.02 Å². The van der Waals surface area contributed by atoms with E-state index in [0.29, 0.717) is 31.6 Å². The smallest absolute Gasteiger partial charge is 0.287 e. The summed E-state index contributed by atoms with van der Waals surface area (Å²) in [4.78, 5) is 22.3. The molecule has 0 fully saturated rings. The van der Waals surface area contributed by atoms with Crippen LogP contribution in [0, 0.1) is 0 Å². The van der Waals surface area contributed by atoms with E-state index in [1.165, 1.54) is 10.9 Å².